The Balaban J connectivity index is 2.76. The summed E-state index contributed by atoms with van der Waals surface area (Å²) in [6, 6.07) is 0.573. The number of unbranched alkanes of at least 4 members (excludes halogenated alkanes) is 2. The minimum atomic E-state index is 0.573. The third kappa shape index (κ3) is 4.60. The molecule has 0 unspecified atom stereocenters. The Hall–Kier alpha value is -0.350. The summed E-state index contributed by atoms with van der Waals surface area (Å²) in [7, 11) is 2.05. The molecule has 0 spiro atoms. The third-order valence-electron chi connectivity index (χ3n) is 3.63. The third-order valence-corrected chi connectivity index (χ3v) is 4.55. The lowest BCUT2D eigenvalue weighted by Gasteiger charge is -2.26. The van der Waals surface area contributed by atoms with E-state index in [2.05, 4.69) is 53.6 Å². The quantitative estimate of drug-likeness (QED) is 0.668. The Morgan fingerprint density at radius 2 is 1.95 bits per heavy atom. The fourth-order valence-corrected chi connectivity index (χ4v) is 3.01. The second-order valence-electron chi connectivity index (χ2n) is 5.46. The molecule has 0 saturated heterocycles. The standard InChI is InChI=1S/C15H28BrN3/c1-6-8-9-10-19(12(3)4)11-14-15(16)13(7-2)17-18(14)5/h12H,6-11H2,1-5H3. The topological polar surface area (TPSA) is 21.1 Å². The van der Waals surface area contributed by atoms with Crippen LogP contribution in [0.25, 0.3) is 0 Å². The van der Waals surface area contributed by atoms with Crippen LogP contribution in [0.3, 0.4) is 0 Å². The van der Waals surface area contributed by atoms with E-state index in [0.717, 1.165) is 18.7 Å². The zero-order valence-corrected chi connectivity index (χ0v) is 14.6. The molecule has 0 amide bonds. The average Bonchev–Trinajstić information content (AvgIpc) is 2.64. The molecular weight excluding hydrogens is 302 g/mol. The summed E-state index contributed by atoms with van der Waals surface area (Å²) in [6.07, 6.45) is 4.86. The minimum absolute atomic E-state index is 0.573. The first-order valence-corrected chi connectivity index (χ1v) is 8.24. The number of aromatic nitrogens is 2. The normalized spacial score (nSPS) is 11.8. The number of hydrogen-bond acceptors (Lipinski definition) is 2. The van der Waals surface area contributed by atoms with Crippen molar-refractivity contribution in [3.8, 4) is 0 Å². The van der Waals surface area contributed by atoms with Gasteiger partial charge in [0.2, 0.25) is 0 Å². The first kappa shape index (κ1) is 16.7. The van der Waals surface area contributed by atoms with Crippen molar-refractivity contribution in [1.29, 1.82) is 0 Å². The molecule has 1 aromatic rings. The fraction of sp³-hybridized carbons (Fsp3) is 0.800. The van der Waals surface area contributed by atoms with Crippen molar-refractivity contribution in [2.75, 3.05) is 6.54 Å². The highest BCUT2D eigenvalue weighted by molar-refractivity contribution is 9.10. The summed E-state index contributed by atoms with van der Waals surface area (Å²) in [5.74, 6) is 0. The van der Waals surface area contributed by atoms with E-state index in [1.165, 1.54) is 36.0 Å². The largest absolute Gasteiger partial charge is 0.295 e. The monoisotopic (exact) mass is 329 g/mol. The van der Waals surface area contributed by atoms with Gasteiger partial charge < -0.3 is 0 Å². The molecule has 0 radical (unpaired) electrons. The molecule has 0 aliphatic rings. The summed E-state index contributed by atoms with van der Waals surface area (Å²) in [5, 5.41) is 4.58. The van der Waals surface area contributed by atoms with Crippen molar-refractivity contribution in [1.82, 2.24) is 14.7 Å². The number of hydrogen-bond donors (Lipinski definition) is 0. The van der Waals surface area contributed by atoms with Crippen molar-refractivity contribution < 1.29 is 0 Å². The Labute approximate surface area is 126 Å². The second kappa shape index (κ2) is 8.05. The zero-order valence-electron chi connectivity index (χ0n) is 13.0. The average molecular weight is 330 g/mol. The number of aryl methyl sites for hydroxylation is 2. The van der Waals surface area contributed by atoms with E-state index in [0.29, 0.717) is 6.04 Å². The van der Waals surface area contributed by atoms with Crippen molar-refractivity contribution in [2.45, 2.75) is 66.0 Å². The highest BCUT2D eigenvalue weighted by Crippen LogP contribution is 2.23. The van der Waals surface area contributed by atoms with Crippen LogP contribution < -0.4 is 0 Å². The van der Waals surface area contributed by atoms with Gasteiger partial charge in [0.1, 0.15) is 0 Å². The molecule has 1 aromatic heterocycles. The molecular formula is C15H28BrN3. The van der Waals surface area contributed by atoms with Crippen LogP contribution in [-0.2, 0) is 20.0 Å². The predicted molar refractivity (Wildman–Crippen MR) is 85.4 cm³/mol. The second-order valence-corrected chi connectivity index (χ2v) is 6.25. The van der Waals surface area contributed by atoms with E-state index in [-0.39, 0.29) is 0 Å². The van der Waals surface area contributed by atoms with Gasteiger partial charge in [0.05, 0.1) is 15.9 Å². The number of nitrogens with zero attached hydrogens (tertiary/aromatic N) is 3. The molecule has 19 heavy (non-hydrogen) atoms. The summed E-state index contributed by atoms with van der Waals surface area (Å²) in [4.78, 5) is 2.54. The van der Waals surface area contributed by atoms with Gasteiger partial charge in [-0.2, -0.15) is 5.10 Å². The van der Waals surface area contributed by atoms with Crippen LogP contribution in [0.15, 0.2) is 4.47 Å². The molecule has 0 bridgehead atoms. The molecule has 0 aliphatic carbocycles. The molecule has 0 aromatic carbocycles. The summed E-state index contributed by atoms with van der Waals surface area (Å²) in [5.41, 5.74) is 2.46. The van der Waals surface area contributed by atoms with E-state index < -0.39 is 0 Å². The van der Waals surface area contributed by atoms with E-state index in [9.17, 15) is 0 Å². The number of rotatable bonds is 8. The molecule has 110 valence electrons. The predicted octanol–water partition coefficient (Wildman–Crippen LogP) is 4.15. The molecule has 1 heterocycles. The lowest BCUT2D eigenvalue weighted by Crippen LogP contribution is -2.32. The van der Waals surface area contributed by atoms with E-state index in [1.54, 1.807) is 0 Å². The van der Waals surface area contributed by atoms with Gasteiger partial charge in [-0.15, -0.1) is 0 Å². The minimum Gasteiger partial charge on any atom is -0.295 e. The molecule has 0 fully saturated rings. The van der Waals surface area contributed by atoms with Gasteiger partial charge in [-0.3, -0.25) is 9.58 Å². The molecule has 0 aliphatic heterocycles. The van der Waals surface area contributed by atoms with Crippen molar-refractivity contribution >= 4 is 15.9 Å². The molecule has 4 heteroatoms. The van der Waals surface area contributed by atoms with Gasteiger partial charge in [-0.1, -0.05) is 26.7 Å². The van der Waals surface area contributed by atoms with E-state index >= 15 is 0 Å². The summed E-state index contributed by atoms with van der Waals surface area (Å²) in [6.45, 7) is 11.1. The van der Waals surface area contributed by atoms with Crippen LogP contribution in [0, 0.1) is 0 Å². The van der Waals surface area contributed by atoms with Crippen LogP contribution in [0.1, 0.15) is 58.3 Å². The van der Waals surface area contributed by atoms with Gasteiger partial charge in [0, 0.05) is 19.6 Å². The first-order valence-electron chi connectivity index (χ1n) is 7.45. The molecule has 0 atom stereocenters. The molecule has 3 nitrogen and oxygen atoms in total. The van der Waals surface area contributed by atoms with Crippen LogP contribution in [0.2, 0.25) is 0 Å². The van der Waals surface area contributed by atoms with Crippen molar-refractivity contribution in [3.63, 3.8) is 0 Å². The Morgan fingerprint density at radius 1 is 1.26 bits per heavy atom. The smallest absolute Gasteiger partial charge is 0.0767 e. The van der Waals surface area contributed by atoms with E-state index in [4.69, 9.17) is 0 Å². The van der Waals surface area contributed by atoms with Crippen molar-refractivity contribution in [2.24, 2.45) is 7.05 Å². The maximum Gasteiger partial charge on any atom is 0.0767 e. The summed E-state index contributed by atoms with van der Waals surface area (Å²) < 4.78 is 3.22. The van der Waals surface area contributed by atoms with Gasteiger partial charge in [0.15, 0.2) is 0 Å². The van der Waals surface area contributed by atoms with Gasteiger partial charge in [-0.25, -0.2) is 0 Å². The maximum atomic E-state index is 4.58. The van der Waals surface area contributed by atoms with Crippen LogP contribution in [-0.4, -0.2) is 27.3 Å². The maximum absolute atomic E-state index is 4.58. The number of halogens is 1. The Kier molecular flexibility index (Phi) is 7.08. The first-order chi connectivity index (χ1) is 9.01. The Bertz CT molecular complexity index is 385. The SMILES string of the molecule is CCCCCN(Cc1c(Br)c(CC)nn1C)C(C)C. The van der Waals surface area contributed by atoms with Gasteiger partial charge >= 0.3 is 0 Å². The van der Waals surface area contributed by atoms with Gasteiger partial charge in [0.25, 0.3) is 0 Å². The fourth-order valence-electron chi connectivity index (χ4n) is 2.27. The lowest BCUT2D eigenvalue weighted by atomic mass is 10.2. The highest BCUT2D eigenvalue weighted by Gasteiger charge is 2.17. The Morgan fingerprint density at radius 3 is 2.42 bits per heavy atom. The lowest BCUT2D eigenvalue weighted by molar-refractivity contribution is 0.203. The molecule has 0 saturated carbocycles. The summed E-state index contributed by atoms with van der Waals surface area (Å²) >= 11 is 3.71. The molecule has 1 rings (SSSR count). The van der Waals surface area contributed by atoms with E-state index in [1.807, 2.05) is 11.7 Å². The van der Waals surface area contributed by atoms with Crippen molar-refractivity contribution in [3.05, 3.63) is 15.9 Å². The highest BCUT2D eigenvalue weighted by atomic mass is 79.9. The van der Waals surface area contributed by atoms with Crippen LogP contribution in [0.5, 0.6) is 0 Å². The molecule has 0 N–H and O–H groups in total. The zero-order chi connectivity index (χ0) is 14.4. The van der Waals surface area contributed by atoms with Crippen LogP contribution in [0.4, 0.5) is 0 Å². The van der Waals surface area contributed by atoms with Gasteiger partial charge in [-0.05, 0) is 49.2 Å². The van der Waals surface area contributed by atoms with Crippen LogP contribution >= 0.6 is 15.9 Å².